The monoisotopic (exact) mass is 347 g/mol. The summed E-state index contributed by atoms with van der Waals surface area (Å²) in [5.41, 5.74) is 3.70. The van der Waals surface area contributed by atoms with Crippen LogP contribution < -0.4 is 11.1 Å². The molecule has 0 radical (unpaired) electrons. The fourth-order valence-electron chi connectivity index (χ4n) is 2.19. The van der Waals surface area contributed by atoms with E-state index in [1.54, 1.807) is 18.2 Å². The highest BCUT2D eigenvalue weighted by atomic mass is 35.5. The lowest BCUT2D eigenvalue weighted by molar-refractivity contribution is -0.385. The first-order valence-electron chi connectivity index (χ1n) is 6.87. The molecule has 7 nitrogen and oxygen atoms in total. The van der Waals surface area contributed by atoms with Crippen LogP contribution in [0.3, 0.4) is 0 Å². The Kier molecular flexibility index (Phi) is 4.85. The Balaban J connectivity index is 2.44. The molecule has 8 heteroatoms. The molecule has 2 rings (SSSR count). The first-order valence-corrected chi connectivity index (χ1v) is 7.25. The summed E-state index contributed by atoms with van der Waals surface area (Å²) in [6, 6.07) is 11.7. The number of halogens is 1. The predicted octanol–water partition coefficient (Wildman–Crippen LogP) is 2.38. The van der Waals surface area contributed by atoms with Crippen molar-refractivity contribution in [3.8, 4) is 0 Å². The number of rotatable bonds is 5. The molecule has 0 heterocycles. The molecule has 0 saturated carbocycles. The third-order valence-electron chi connectivity index (χ3n) is 3.60. The minimum atomic E-state index is -1.58. The maximum Gasteiger partial charge on any atom is 0.282 e. The van der Waals surface area contributed by atoms with Crippen molar-refractivity contribution < 1.29 is 14.5 Å². The van der Waals surface area contributed by atoms with Gasteiger partial charge in [-0.3, -0.25) is 19.7 Å². The normalized spacial score (nSPS) is 12.9. The molecule has 2 aromatic rings. The molecule has 24 heavy (non-hydrogen) atoms. The molecule has 0 bridgehead atoms. The van der Waals surface area contributed by atoms with Crippen LogP contribution in [0, 0.1) is 10.1 Å². The molecule has 0 unspecified atom stereocenters. The Morgan fingerprint density at radius 1 is 1.21 bits per heavy atom. The van der Waals surface area contributed by atoms with Gasteiger partial charge in [-0.1, -0.05) is 35.9 Å². The fourth-order valence-corrected chi connectivity index (χ4v) is 2.39. The van der Waals surface area contributed by atoms with E-state index in [-0.39, 0.29) is 11.3 Å². The predicted molar refractivity (Wildman–Crippen MR) is 88.6 cm³/mol. The number of benzene rings is 2. The summed E-state index contributed by atoms with van der Waals surface area (Å²) < 4.78 is 0. The summed E-state index contributed by atoms with van der Waals surface area (Å²) in [5, 5.41) is 13.9. The third kappa shape index (κ3) is 3.36. The van der Waals surface area contributed by atoms with E-state index in [4.69, 9.17) is 17.3 Å². The molecule has 0 saturated heterocycles. The maximum absolute atomic E-state index is 12.5. The molecule has 0 aliphatic heterocycles. The van der Waals surface area contributed by atoms with Crippen molar-refractivity contribution in [2.75, 3.05) is 0 Å². The first kappa shape index (κ1) is 17.4. The quantitative estimate of drug-likeness (QED) is 0.638. The third-order valence-corrected chi connectivity index (χ3v) is 3.84. The van der Waals surface area contributed by atoms with Gasteiger partial charge in [-0.05, 0) is 30.7 Å². The van der Waals surface area contributed by atoms with Crippen molar-refractivity contribution in [2.24, 2.45) is 5.73 Å². The summed E-state index contributed by atoms with van der Waals surface area (Å²) in [6.45, 7) is 1.41. The van der Waals surface area contributed by atoms with Gasteiger partial charge in [0.1, 0.15) is 11.1 Å². The number of primary amides is 1. The van der Waals surface area contributed by atoms with Gasteiger partial charge in [0.25, 0.3) is 11.6 Å². The van der Waals surface area contributed by atoms with Crippen LogP contribution in [0.5, 0.6) is 0 Å². The summed E-state index contributed by atoms with van der Waals surface area (Å²) in [5.74, 6) is -1.61. The molecular formula is C16H14ClN3O4. The standard InChI is InChI=1S/C16H14ClN3O4/c1-16(15(18)22,10-5-4-6-11(17)9-10)19-14(21)12-7-2-3-8-13(12)20(23)24/h2-9H,1H3,(H2,18,22)(H,19,21)/t16-/m0/s1. The minimum Gasteiger partial charge on any atom is -0.367 e. The summed E-state index contributed by atoms with van der Waals surface area (Å²) >= 11 is 5.92. The second-order valence-electron chi connectivity index (χ2n) is 5.23. The Morgan fingerprint density at radius 2 is 1.88 bits per heavy atom. The first-order chi connectivity index (χ1) is 11.3. The number of nitro groups is 1. The van der Waals surface area contributed by atoms with E-state index in [1.165, 1.54) is 37.3 Å². The molecule has 0 aromatic heterocycles. The zero-order valence-corrected chi connectivity index (χ0v) is 13.4. The molecule has 1 atom stereocenters. The number of hydrogen-bond acceptors (Lipinski definition) is 4. The highest BCUT2D eigenvalue weighted by Crippen LogP contribution is 2.25. The molecule has 2 amide bonds. The van der Waals surface area contributed by atoms with Gasteiger partial charge in [-0.15, -0.1) is 0 Å². The van der Waals surface area contributed by atoms with Crippen LogP contribution in [0.1, 0.15) is 22.8 Å². The van der Waals surface area contributed by atoms with E-state index in [0.717, 1.165) is 0 Å². The van der Waals surface area contributed by atoms with E-state index >= 15 is 0 Å². The van der Waals surface area contributed by atoms with Gasteiger partial charge in [0.15, 0.2) is 0 Å². The van der Waals surface area contributed by atoms with Crippen LogP contribution in [-0.4, -0.2) is 16.7 Å². The van der Waals surface area contributed by atoms with E-state index < -0.39 is 22.3 Å². The van der Waals surface area contributed by atoms with Crippen LogP contribution >= 0.6 is 11.6 Å². The summed E-state index contributed by atoms with van der Waals surface area (Å²) in [6.07, 6.45) is 0. The van der Waals surface area contributed by atoms with Gasteiger partial charge >= 0.3 is 0 Å². The molecular weight excluding hydrogens is 334 g/mol. The summed E-state index contributed by atoms with van der Waals surface area (Å²) in [4.78, 5) is 34.8. The Morgan fingerprint density at radius 3 is 2.46 bits per heavy atom. The van der Waals surface area contributed by atoms with Gasteiger partial charge in [-0.2, -0.15) is 0 Å². The Bertz CT molecular complexity index is 824. The number of nitrogens with one attached hydrogen (secondary N) is 1. The number of nitrogens with two attached hydrogens (primary N) is 1. The fraction of sp³-hybridized carbons (Fsp3) is 0.125. The van der Waals surface area contributed by atoms with Crippen LogP contribution in [0.2, 0.25) is 5.02 Å². The number of para-hydroxylation sites is 1. The average Bonchev–Trinajstić information content (AvgIpc) is 2.54. The number of amides is 2. The molecule has 0 aliphatic carbocycles. The van der Waals surface area contributed by atoms with E-state index in [1.807, 2.05) is 0 Å². The minimum absolute atomic E-state index is 0.169. The second-order valence-corrected chi connectivity index (χ2v) is 5.66. The zero-order valence-electron chi connectivity index (χ0n) is 12.7. The lowest BCUT2D eigenvalue weighted by atomic mass is 9.90. The van der Waals surface area contributed by atoms with Gasteiger partial charge in [-0.25, -0.2) is 0 Å². The largest absolute Gasteiger partial charge is 0.367 e. The average molecular weight is 348 g/mol. The van der Waals surface area contributed by atoms with E-state index in [9.17, 15) is 19.7 Å². The van der Waals surface area contributed by atoms with Crippen LogP contribution in [0.25, 0.3) is 0 Å². The van der Waals surface area contributed by atoms with E-state index in [2.05, 4.69) is 5.32 Å². The van der Waals surface area contributed by atoms with Gasteiger partial charge in [0, 0.05) is 11.1 Å². The number of carbonyl (C=O) groups is 2. The Hall–Kier alpha value is -2.93. The highest BCUT2D eigenvalue weighted by Gasteiger charge is 2.36. The van der Waals surface area contributed by atoms with Crippen molar-refractivity contribution in [1.82, 2.24) is 5.32 Å². The second kappa shape index (κ2) is 6.67. The molecule has 124 valence electrons. The number of nitro benzene ring substituents is 1. The number of nitrogens with zero attached hydrogens (tertiary/aromatic N) is 1. The Labute approximate surface area is 142 Å². The van der Waals surface area contributed by atoms with Gasteiger partial charge in [0.2, 0.25) is 5.91 Å². The van der Waals surface area contributed by atoms with E-state index in [0.29, 0.717) is 10.6 Å². The number of hydrogen-bond donors (Lipinski definition) is 2. The maximum atomic E-state index is 12.5. The van der Waals surface area contributed by atoms with Gasteiger partial charge < -0.3 is 11.1 Å². The van der Waals surface area contributed by atoms with Crippen LogP contribution in [-0.2, 0) is 10.3 Å². The van der Waals surface area contributed by atoms with Gasteiger partial charge in [0.05, 0.1) is 4.92 Å². The van der Waals surface area contributed by atoms with Crippen molar-refractivity contribution in [3.63, 3.8) is 0 Å². The van der Waals surface area contributed by atoms with Crippen molar-refractivity contribution in [3.05, 3.63) is 74.8 Å². The van der Waals surface area contributed by atoms with Crippen molar-refractivity contribution in [2.45, 2.75) is 12.5 Å². The lowest BCUT2D eigenvalue weighted by Gasteiger charge is -2.28. The molecule has 0 aliphatic rings. The SMILES string of the molecule is C[C@@](NC(=O)c1ccccc1[N+](=O)[O-])(C(N)=O)c1cccc(Cl)c1. The smallest absolute Gasteiger partial charge is 0.282 e. The lowest BCUT2D eigenvalue weighted by Crippen LogP contribution is -2.52. The molecule has 0 spiro atoms. The topological polar surface area (TPSA) is 115 Å². The molecule has 0 fully saturated rings. The number of carbonyl (C=O) groups excluding carboxylic acids is 2. The summed E-state index contributed by atoms with van der Waals surface area (Å²) in [7, 11) is 0. The van der Waals surface area contributed by atoms with Crippen LogP contribution in [0.15, 0.2) is 48.5 Å². The van der Waals surface area contributed by atoms with Crippen molar-refractivity contribution >= 4 is 29.1 Å². The molecule has 3 N–H and O–H groups in total. The van der Waals surface area contributed by atoms with Crippen LogP contribution in [0.4, 0.5) is 5.69 Å². The molecule has 2 aromatic carbocycles. The zero-order chi connectivity index (χ0) is 17.9. The van der Waals surface area contributed by atoms with Crippen molar-refractivity contribution in [1.29, 1.82) is 0 Å². The highest BCUT2D eigenvalue weighted by molar-refractivity contribution is 6.30.